The van der Waals surface area contributed by atoms with Crippen LogP contribution in [0.25, 0.3) is 5.69 Å². The lowest BCUT2D eigenvalue weighted by Crippen LogP contribution is -2.43. The standard InChI is InChI=1S/C18H24N4O/c1-14-7-9-16(10-8-14)21-18(23)19-11-15-12-20-22(13-15)17-5-3-2-4-6-17/h2-6,12-14,16H,7-11H2,1H3,(H2,19,21,23). The van der Waals surface area contributed by atoms with E-state index in [1.807, 2.05) is 41.2 Å². The van der Waals surface area contributed by atoms with E-state index in [1.54, 1.807) is 6.20 Å². The molecule has 2 N–H and O–H groups in total. The summed E-state index contributed by atoms with van der Waals surface area (Å²) in [5.74, 6) is 0.792. The predicted octanol–water partition coefficient (Wildman–Crippen LogP) is 3.25. The average molecular weight is 312 g/mol. The van der Waals surface area contributed by atoms with Crippen LogP contribution in [0.4, 0.5) is 4.79 Å². The van der Waals surface area contributed by atoms with E-state index in [0.29, 0.717) is 12.6 Å². The first-order valence-corrected chi connectivity index (χ1v) is 8.34. The van der Waals surface area contributed by atoms with Gasteiger partial charge in [-0.1, -0.05) is 25.1 Å². The highest BCUT2D eigenvalue weighted by Gasteiger charge is 2.19. The molecule has 1 aliphatic carbocycles. The van der Waals surface area contributed by atoms with Gasteiger partial charge < -0.3 is 10.6 Å². The third-order valence-corrected chi connectivity index (χ3v) is 4.46. The van der Waals surface area contributed by atoms with Crippen LogP contribution in [0.2, 0.25) is 0 Å². The summed E-state index contributed by atoms with van der Waals surface area (Å²) in [7, 11) is 0. The quantitative estimate of drug-likeness (QED) is 0.910. The minimum Gasteiger partial charge on any atom is -0.335 e. The van der Waals surface area contributed by atoms with E-state index >= 15 is 0 Å². The molecule has 1 fully saturated rings. The zero-order chi connectivity index (χ0) is 16.1. The second-order valence-electron chi connectivity index (χ2n) is 6.41. The van der Waals surface area contributed by atoms with Crippen molar-refractivity contribution in [1.29, 1.82) is 0 Å². The van der Waals surface area contributed by atoms with Crippen molar-refractivity contribution < 1.29 is 4.79 Å². The third-order valence-electron chi connectivity index (χ3n) is 4.46. The zero-order valence-electron chi connectivity index (χ0n) is 13.5. The molecular formula is C18H24N4O. The van der Waals surface area contributed by atoms with Crippen molar-refractivity contribution >= 4 is 6.03 Å². The topological polar surface area (TPSA) is 59.0 Å². The molecule has 2 amide bonds. The Balaban J connectivity index is 1.47. The highest BCUT2D eigenvalue weighted by Crippen LogP contribution is 2.23. The van der Waals surface area contributed by atoms with Crippen LogP contribution < -0.4 is 10.6 Å². The molecule has 0 unspecified atom stereocenters. The van der Waals surface area contributed by atoms with Crippen LogP contribution in [0.3, 0.4) is 0 Å². The highest BCUT2D eigenvalue weighted by atomic mass is 16.2. The maximum atomic E-state index is 12.0. The fraction of sp³-hybridized carbons (Fsp3) is 0.444. The van der Waals surface area contributed by atoms with Gasteiger partial charge in [-0.2, -0.15) is 5.10 Å². The summed E-state index contributed by atoms with van der Waals surface area (Å²) in [4.78, 5) is 12.0. The molecule has 1 aromatic heterocycles. The van der Waals surface area contributed by atoms with Gasteiger partial charge in [0.2, 0.25) is 0 Å². The maximum Gasteiger partial charge on any atom is 0.315 e. The molecular weight excluding hydrogens is 288 g/mol. The van der Waals surface area contributed by atoms with Gasteiger partial charge in [0.1, 0.15) is 0 Å². The number of urea groups is 1. The van der Waals surface area contributed by atoms with Crippen molar-refractivity contribution in [2.24, 2.45) is 5.92 Å². The van der Waals surface area contributed by atoms with Crippen LogP contribution >= 0.6 is 0 Å². The monoisotopic (exact) mass is 312 g/mol. The smallest absolute Gasteiger partial charge is 0.315 e. The normalized spacial score (nSPS) is 20.9. The Hall–Kier alpha value is -2.30. The lowest BCUT2D eigenvalue weighted by Gasteiger charge is -2.26. The lowest BCUT2D eigenvalue weighted by molar-refractivity contribution is 0.228. The molecule has 0 radical (unpaired) electrons. The number of aromatic nitrogens is 2. The molecule has 0 bridgehead atoms. The molecule has 0 spiro atoms. The highest BCUT2D eigenvalue weighted by molar-refractivity contribution is 5.74. The fourth-order valence-corrected chi connectivity index (χ4v) is 3.00. The van der Waals surface area contributed by atoms with Crippen molar-refractivity contribution in [1.82, 2.24) is 20.4 Å². The molecule has 0 aliphatic heterocycles. The van der Waals surface area contributed by atoms with Crippen molar-refractivity contribution in [3.05, 3.63) is 48.3 Å². The maximum absolute atomic E-state index is 12.0. The van der Waals surface area contributed by atoms with Gasteiger partial charge in [-0.3, -0.25) is 0 Å². The van der Waals surface area contributed by atoms with E-state index in [0.717, 1.165) is 30.0 Å². The number of nitrogens with zero attached hydrogens (tertiary/aromatic N) is 2. The Morgan fingerprint density at radius 3 is 2.70 bits per heavy atom. The number of carbonyl (C=O) groups excluding carboxylic acids is 1. The van der Waals surface area contributed by atoms with Crippen LogP contribution in [0, 0.1) is 5.92 Å². The summed E-state index contributed by atoms with van der Waals surface area (Å²) in [5, 5.41) is 10.3. The summed E-state index contributed by atoms with van der Waals surface area (Å²) >= 11 is 0. The SMILES string of the molecule is CC1CCC(NC(=O)NCc2cnn(-c3ccccc3)c2)CC1. The molecule has 1 aromatic carbocycles. The molecule has 3 rings (SSSR count). The summed E-state index contributed by atoms with van der Waals surface area (Å²) in [6, 6.07) is 10.2. The van der Waals surface area contributed by atoms with Crippen LogP contribution in [0.5, 0.6) is 0 Å². The van der Waals surface area contributed by atoms with Gasteiger partial charge in [-0.15, -0.1) is 0 Å². The van der Waals surface area contributed by atoms with Crippen LogP contribution in [-0.2, 0) is 6.54 Å². The minimum absolute atomic E-state index is 0.0861. The first kappa shape index (κ1) is 15.6. The Bertz CT molecular complexity index is 629. The first-order chi connectivity index (χ1) is 11.2. The van der Waals surface area contributed by atoms with Gasteiger partial charge in [0.05, 0.1) is 11.9 Å². The number of hydrogen-bond acceptors (Lipinski definition) is 2. The summed E-state index contributed by atoms with van der Waals surface area (Å²) in [6.07, 6.45) is 8.30. The molecule has 5 heteroatoms. The second kappa shape index (κ2) is 7.31. The van der Waals surface area contributed by atoms with Gasteiger partial charge in [0.15, 0.2) is 0 Å². The van der Waals surface area contributed by atoms with Crippen LogP contribution in [-0.4, -0.2) is 21.9 Å². The number of para-hydroxylation sites is 1. The van der Waals surface area contributed by atoms with Crippen molar-refractivity contribution in [2.45, 2.75) is 45.2 Å². The number of hydrogen-bond donors (Lipinski definition) is 2. The molecule has 122 valence electrons. The van der Waals surface area contributed by atoms with Crippen LogP contribution in [0.15, 0.2) is 42.7 Å². The zero-order valence-corrected chi connectivity index (χ0v) is 13.5. The van der Waals surface area contributed by atoms with Crippen molar-refractivity contribution in [3.63, 3.8) is 0 Å². The Labute approximate surface area is 137 Å². The molecule has 0 atom stereocenters. The van der Waals surface area contributed by atoms with E-state index in [-0.39, 0.29) is 6.03 Å². The Kier molecular flexibility index (Phi) is 4.95. The van der Waals surface area contributed by atoms with Crippen LogP contribution in [0.1, 0.15) is 38.2 Å². The predicted molar refractivity (Wildman–Crippen MR) is 90.4 cm³/mol. The summed E-state index contributed by atoms with van der Waals surface area (Å²) < 4.78 is 1.82. The minimum atomic E-state index is -0.0861. The van der Waals surface area contributed by atoms with E-state index in [2.05, 4.69) is 22.7 Å². The molecule has 5 nitrogen and oxygen atoms in total. The lowest BCUT2D eigenvalue weighted by atomic mass is 9.87. The van der Waals surface area contributed by atoms with E-state index in [4.69, 9.17) is 0 Å². The number of rotatable bonds is 4. The Morgan fingerprint density at radius 1 is 1.22 bits per heavy atom. The molecule has 23 heavy (non-hydrogen) atoms. The van der Waals surface area contributed by atoms with Crippen molar-refractivity contribution in [3.8, 4) is 5.69 Å². The van der Waals surface area contributed by atoms with Gasteiger partial charge in [-0.25, -0.2) is 9.48 Å². The summed E-state index contributed by atoms with van der Waals surface area (Å²) in [6.45, 7) is 2.77. The van der Waals surface area contributed by atoms with Gasteiger partial charge >= 0.3 is 6.03 Å². The molecule has 1 heterocycles. The molecule has 1 aliphatic rings. The third kappa shape index (κ3) is 4.34. The molecule has 2 aromatic rings. The van der Waals surface area contributed by atoms with E-state index < -0.39 is 0 Å². The fourth-order valence-electron chi connectivity index (χ4n) is 3.00. The van der Waals surface area contributed by atoms with Gasteiger partial charge in [-0.05, 0) is 43.7 Å². The van der Waals surface area contributed by atoms with Gasteiger partial charge in [0.25, 0.3) is 0 Å². The molecule has 1 saturated carbocycles. The van der Waals surface area contributed by atoms with Gasteiger partial charge in [0, 0.05) is 24.3 Å². The summed E-state index contributed by atoms with van der Waals surface area (Å²) in [5.41, 5.74) is 2.00. The molecule has 0 saturated heterocycles. The Morgan fingerprint density at radius 2 is 1.96 bits per heavy atom. The largest absolute Gasteiger partial charge is 0.335 e. The number of amides is 2. The number of benzene rings is 1. The number of carbonyl (C=O) groups is 1. The second-order valence-corrected chi connectivity index (χ2v) is 6.41. The van der Waals surface area contributed by atoms with E-state index in [9.17, 15) is 4.79 Å². The first-order valence-electron chi connectivity index (χ1n) is 8.34. The van der Waals surface area contributed by atoms with Crippen molar-refractivity contribution in [2.75, 3.05) is 0 Å². The number of nitrogens with one attached hydrogen (secondary N) is 2. The van der Waals surface area contributed by atoms with E-state index in [1.165, 1.54) is 12.8 Å². The average Bonchev–Trinajstić information content (AvgIpc) is 3.05.